The summed E-state index contributed by atoms with van der Waals surface area (Å²) in [6.07, 6.45) is 0. The third-order valence-electron chi connectivity index (χ3n) is 4.41. The van der Waals surface area contributed by atoms with Crippen molar-refractivity contribution in [1.29, 1.82) is 0 Å². The van der Waals surface area contributed by atoms with Gasteiger partial charge in [0.2, 0.25) is 5.91 Å². The second kappa shape index (κ2) is 9.33. The van der Waals surface area contributed by atoms with E-state index in [0.717, 1.165) is 16.8 Å². The molecule has 3 aromatic rings. The van der Waals surface area contributed by atoms with E-state index in [2.05, 4.69) is 15.5 Å². The number of nitrogens with zero attached hydrogens (tertiary/aromatic N) is 3. The minimum absolute atomic E-state index is 0.0844. The van der Waals surface area contributed by atoms with E-state index in [-0.39, 0.29) is 17.8 Å². The van der Waals surface area contributed by atoms with Crippen molar-refractivity contribution in [2.24, 2.45) is 7.05 Å². The lowest BCUT2D eigenvalue weighted by Crippen LogP contribution is -2.23. The summed E-state index contributed by atoms with van der Waals surface area (Å²) in [6, 6.07) is 13.2. The number of hydrogen-bond donors (Lipinski definition) is 1. The first-order chi connectivity index (χ1) is 13.8. The number of aromatic nitrogens is 3. The van der Waals surface area contributed by atoms with Crippen LogP contribution < -0.4 is 10.1 Å². The Morgan fingerprint density at radius 2 is 2.00 bits per heavy atom. The molecule has 3 rings (SSSR count). The predicted molar refractivity (Wildman–Crippen MR) is 117 cm³/mol. The van der Waals surface area contributed by atoms with E-state index in [1.54, 1.807) is 12.1 Å². The largest absolute Gasteiger partial charge is 0.484 e. The van der Waals surface area contributed by atoms with E-state index in [1.165, 1.54) is 11.8 Å². The fourth-order valence-corrected chi connectivity index (χ4v) is 3.70. The molecule has 0 spiro atoms. The van der Waals surface area contributed by atoms with Crippen molar-refractivity contribution in [2.45, 2.75) is 37.8 Å². The Balaban J connectivity index is 1.61. The number of aryl methyl sites for hydroxylation is 2. The molecule has 6 nitrogen and oxygen atoms in total. The summed E-state index contributed by atoms with van der Waals surface area (Å²) in [6.45, 7) is 6.08. The zero-order valence-electron chi connectivity index (χ0n) is 16.8. The van der Waals surface area contributed by atoms with Crippen LogP contribution in [0.25, 0.3) is 0 Å². The molecule has 152 valence electrons. The highest BCUT2D eigenvalue weighted by molar-refractivity contribution is 8.00. The summed E-state index contributed by atoms with van der Waals surface area (Å²) >= 11 is 7.46. The average Bonchev–Trinajstić information content (AvgIpc) is 3.03. The van der Waals surface area contributed by atoms with E-state index >= 15 is 0 Å². The first-order valence-corrected chi connectivity index (χ1v) is 10.4. The van der Waals surface area contributed by atoms with Gasteiger partial charge in [0, 0.05) is 12.7 Å². The Kier molecular flexibility index (Phi) is 6.82. The Labute approximate surface area is 179 Å². The third kappa shape index (κ3) is 5.31. The Morgan fingerprint density at radius 3 is 2.72 bits per heavy atom. The van der Waals surface area contributed by atoms with E-state index < -0.39 is 0 Å². The molecule has 0 fully saturated rings. The number of nitrogens with one attached hydrogen (secondary N) is 1. The van der Waals surface area contributed by atoms with Crippen LogP contribution in [0, 0.1) is 13.8 Å². The molecule has 0 aliphatic carbocycles. The number of amides is 1. The van der Waals surface area contributed by atoms with Crippen LogP contribution in [0.15, 0.2) is 47.6 Å². The van der Waals surface area contributed by atoms with Gasteiger partial charge in [-0.2, -0.15) is 0 Å². The van der Waals surface area contributed by atoms with Crippen molar-refractivity contribution in [3.63, 3.8) is 0 Å². The second-order valence-corrected chi connectivity index (χ2v) is 8.46. The number of para-hydroxylation sites is 1. The van der Waals surface area contributed by atoms with Gasteiger partial charge in [0.25, 0.3) is 0 Å². The van der Waals surface area contributed by atoms with Gasteiger partial charge in [-0.15, -0.1) is 10.2 Å². The summed E-state index contributed by atoms with van der Waals surface area (Å²) in [5.74, 6) is 1.15. The maximum atomic E-state index is 12.6. The molecule has 0 aliphatic heterocycles. The first kappa shape index (κ1) is 21.2. The lowest BCUT2D eigenvalue weighted by atomic mass is 10.1. The molecule has 1 heterocycles. The first-order valence-electron chi connectivity index (χ1n) is 9.15. The predicted octanol–water partition coefficient (Wildman–Crippen LogP) is 4.78. The van der Waals surface area contributed by atoms with Crippen LogP contribution in [0.5, 0.6) is 5.75 Å². The van der Waals surface area contributed by atoms with E-state index in [1.807, 2.05) is 62.7 Å². The molecule has 1 N–H and O–H groups in total. The molecule has 2 aromatic carbocycles. The van der Waals surface area contributed by atoms with Gasteiger partial charge in [0.1, 0.15) is 12.4 Å². The van der Waals surface area contributed by atoms with Gasteiger partial charge in [0.15, 0.2) is 11.0 Å². The number of hydrogen-bond acceptors (Lipinski definition) is 5. The van der Waals surface area contributed by atoms with Crippen LogP contribution in [0.3, 0.4) is 0 Å². The smallest absolute Gasteiger partial charge is 0.237 e. The van der Waals surface area contributed by atoms with Gasteiger partial charge in [-0.3, -0.25) is 4.79 Å². The average molecular weight is 431 g/mol. The van der Waals surface area contributed by atoms with Crippen molar-refractivity contribution in [1.82, 2.24) is 14.8 Å². The molecule has 0 aliphatic rings. The molecule has 0 saturated carbocycles. The summed E-state index contributed by atoms with van der Waals surface area (Å²) in [5, 5.41) is 12.2. The van der Waals surface area contributed by atoms with Crippen LogP contribution in [0.2, 0.25) is 5.02 Å². The van der Waals surface area contributed by atoms with Crippen LogP contribution in [0.4, 0.5) is 5.69 Å². The summed E-state index contributed by atoms with van der Waals surface area (Å²) < 4.78 is 7.55. The van der Waals surface area contributed by atoms with Crippen LogP contribution >= 0.6 is 23.4 Å². The van der Waals surface area contributed by atoms with Gasteiger partial charge in [-0.25, -0.2) is 0 Å². The number of ether oxygens (including phenoxy) is 1. The molecule has 8 heteroatoms. The quantitative estimate of drug-likeness (QED) is 0.546. The fraction of sp³-hybridized carbons (Fsp3) is 0.286. The van der Waals surface area contributed by atoms with E-state index in [4.69, 9.17) is 16.3 Å². The monoisotopic (exact) mass is 430 g/mol. The fourth-order valence-electron chi connectivity index (χ4n) is 2.68. The molecule has 1 amide bonds. The summed E-state index contributed by atoms with van der Waals surface area (Å²) in [5.41, 5.74) is 3.02. The molecular weight excluding hydrogens is 408 g/mol. The number of carbonyl (C=O) groups excluding carboxylic acids is 1. The molecule has 1 aromatic heterocycles. The second-order valence-electron chi connectivity index (χ2n) is 6.74. The number of carbonyl (C=O) groups is 1. The van der Waals surface area contributed by atoms with Gasteiger partial charge >= 0.3 is 0 Å². The van der Waals surface area contributed by atoms with Gasteiger partial charge in [-0.05, 0) is 44.5 Å². The molecule has 0 saturated heterocycles. The normalized spacial score (nSPS) is 11.9. The molecule has 1 atom stereocenters. The van der Waals surface area contributed by atoms with Crippen molar-refractivity contribution >= 4 is 35.0 Å². The van der Waals surface area contributed by atoms with E-state index in [9.17, 15) is 4.79 Å². The van der Waals surface area contributed by atoms with Crippen molar-refractivity contribution in [3.05, 3.63) is 64.4 Å². The lowest BCUT2D eigenvalue weighted by Gasteiger charge is -2.13. The van der Waals surface area contributed by atoms with Crippen LogP contribution in [-0.4, -0.2) is 25.9 Å². The number of anilines is 1. The number of thioether (sulfide) groups is 1. The topological polar surface area (TPSA) is 69.0 Å². The standard InChI is InChI=1S/C21H23ClN4O2S/c1-13-9-10-17(14(2)11-13)23-20(27)15(3)29-21-25-24-19(26(21)4)12-28-18-8-6-5-7-16(18)22/h5-11,15H,12H2,1-4H3,(H,23,27). The lowest BCUT2D eigenvalue weighted by molar-refractivity contribution is -0.115. The minimum Gasteiger partial charge on any atom is -0.484 e. The summed E-state index contributed by atoms with van der Waals surface area (Å²) in [4.78, 5) is 12.6. The molecule has 1 unspecified atom stereocenters. The SMILES string of the molecule is Cc1ccc(NC(=O)C(C)Sc2nnc(COc3ccccc3Cl)n2C)c(C)c1. The highest BCUT2D eigenvalue weighted by Gasteiger charge is 2.20. The Bertz CT molecular complexity index is 1020. The number of halogens is 1. The highest BCUT2D eigenvalue weighted by Crippen LogP contribution is 2.26. The van der Waals surface area contributed by atoms with Gasteiger partial charge < -0.3 is 14.6 Å². The van der Waals surface area contributed by atoms with Gasteiger partial charge in [0.05, 0.1) is 10.3 Å². The zero-order chi connectivity index (χ0) is 21.0. The van der Waals surface area contributed by atoms with E-state index in [0.29, 0.717) is 21.8 Å². The number of rotatable bonds is 7. The van der Waals surface area contributed by atoms with Crippen molar-refractivity contribution in [2.75, 3.05) is 5.32 Å². The zero-order valence-corrected chi connectivity index (χ0v) is 18.3. The highest BCUT2D eigenvalue weighted by atomic mass is 35.5. The van der Waals surface area contributed by atoms with Crippen LogP contribution in [-0.2, 0) is 18.4 Å². The third-order valence-corrected chi connectivity index (χ3v) is 5.86. The van der Waals surface area contributed by atoms with Gasteiger partial charge in [-0.1, -0.05) is 53.2 Å². The summed E-state index contributed by atoms with van der Waals surface area (Å²) in [7, 11) is 1.85. The maximum Gasteiger partial charge on any atom is 0.237 e. The van der Waals surface area contributed by atoms with Crippen molar-refractivity contribution < 1.29 is 9.53 Å². The molecular formula is C21H23ClN4O2S. The Morgan fingerprint density at radius 1 is 1.24 bits per heavy atom. The molecule has 0 radical (unpaired) electrons. The Hall–Kier alpha value is -2.51. The maximum absolute atomic E-state index is 12.6. The van der Waals surface area contributed by atoms with Crippen molar-refractivity contribution in [3.8, 4) is 5.75 Å². The minimum atomic E-state index is -0.337. The molecule has 29 heavy (non-hydrogen) atoms. The molecule has 0 bridgehead atoms. The number of benzene rings is 2. The van der Waals surface area contributed by atoms with Crippen LogP contribution in [0.1, 0.15) is 23.9 Å².